The van der Waals surface area contributed by atoms with E-state index in [9.17, 15) is 0 Å². The van der Waals surface area contributed by atoms with Crippen LogP contribution in [0, 0.1) is 0 Å². The van der Waals surface area contributed by atoms with Crippen LogP contribution in [-0.2, 0) is 0 Å². The van der Waals surface area contributed by atoms with E-state index in [-0.39, 0.29) is 50.4 Å². The van der Waals surface area contributed by atoms with Gasteiger partial charge in [0.05, 0.1) is 0 Å². The van der Waals surface area contributed by atoms with Gasteiger partial charge in [0.15, 0.2) is 0 Å². The normalized spacial score (nSPS) is 1.64. The van der Waals surface area contributed by atoms with Crippen molar-refractivity contribution in [2.24, 2.45) is 0 Å². The Labute approximate surface area is 63.7 Å². The van der Waals surface area contributed by atoms with E-state index < -0.39 is 0 Å². The first kappa shape index (κ1) is 368. The van der Waals surface area contributed by atoms with Crippen molar-refractivity contribution in [2.45, 2.75) is 6.92 Å². The first-order chi connectivity index (χ1) is 1.41. The standard InChI is InChI=1S/C2H6O.8H2O/c1-2-3;;;;;;;;/h3H,2H2,1H3;8*1H2. The lowest BCUT2D eigenvalue weighted by Gasteiger charge is -1.52. The molecular formula is C2H22O9. The van der Waals surface area contributed by atoms with Gasteiger partial charge in [-0.3, -0.25) is 0 Å². The summed E-state index contributed by atoms with van der Waals surface area (Å²) in [5, 5.41) is 7.57. The summed E-state index contributed by atoms with van der Waals surface area (Å²) in [5.74, 6) is 0. The minimum Gasteiger partial charge on any atom is -0.412 e. The zero-order valence-corrected chi connectivity index (χ0v) is 6.15. The highest BCUT2D eigenvalue weighted by Gasteiger charge is 1.34. The fourth-order valence-electron chi connectivity index (χ4n) is 0. The molecule has 0 saturated heterocycles. The quantitative estimate of drug-likeness (QED) is 0.382. The van der Waals surface area contributed by atoms with Gasteiger partial charge >= 0.3 is 0 Å². The van der Waals surface area contributed by atoms with Crippen molar-refractivity contribution in [3.8, 4) is 0 Å². The Morgan fingerprint density at radius 1 is 0.636 bits per heavy atom. The lowest BCUT2D eigenvalue weighted by atomic mass is 10.9. The molecule has 0 saturated carbocycles. The van der Waals surface area contributed by atoms with Gasteiger partial charge in [-0.25, -0.2) is 0 Å². The first-order valence-corrected chi connectivity index (χ1v) is 1.02. The van der Waals surface area contributed by atoms with E-state index in [1.165, 1.54) is 0 Å². The fourth-order valence-corrected chi connectivity index (χ4v) is 0. The monoisotopic (exact) mass is 190 g/mol. The molecule has 0 radical (unpaired) electrons. The molecule has 0 aromatic heterocycles. The Balaban J connectivity index is -0.000000000714. The van der Waals surface area contributed by atoms with Gasteiger partial charge in [-0.05, 0) is 6.92 Å². The molecular weight excluding hydrogens is 168 g/mol. The molecule has 0 aliphatic carbocycles. The molecule has 84 valence electrons. The van der Waals surface area contributed by atoms with Crippen molar-refractivity contribution in [3.05, 3.63) is 0 Å². The van der Waals surface area contributed by atoms with E-state index in [4.69, 9.17) is 5.11 Å². The van der Waals surface area contributed by atoms with E-state index in [0.29, 0.717) is 0 Å². The molecule has 0 bridgehead atoms. The predicted octanol–water partition coefficient (Wildman–Crippen LogP) is -6.60. The van der Waals surface area contributed by atoms with Gasteiger partial charge in [0.25, 0.3) is 0 Å². The summed E-state index contributed by atoms with van der Waals surface area (Å²) < 4.78 is 0. The van der Waals surface area contributed by atoms with Gasteiger partial charge in [-0.1, -0.05) is 0 Å². The van der Waals surface area contributed by atoms with E-state index >= 15 is 0 Å². The van der Waals surface area contributed by atoms with Gasteiger partial charge in [0.2, 0.25) is 0 Å². The minimum atomic E-state index is 0. The maximum absolute atomic E-state index is 7.57. The van der Waals surface area contributed by atoms with Crippen LogP contribution in [0.1, 0.15) is 6.92 Å². The van der Waals surface area contributed by atoms with Crippen LogP contribution >= 0.6 is 0 Å². The molecule has 0 spiro atoms. The highest BCUT2D eigenvalue weighted by molar-refractivity contribution is 3.84. The Hall–Kier alpha value is -0.360. The summed E-state index contributed by atoms with van der Waals surface area (Å²) in [5.41, 5.74) is 0. The maximum atomic E-state index is 7.57. The molecule has 0 rings (SSSR count). The Bertz CT molecular complexity index is 7.52. The average Bonchev–Trinajstić information content (AvgIpc) is 0.918. The third-order valence-corrected chi connectivity index (χ3v) is 0. The van der Waals surface area contributed by atoms with Crippen LogP contribution in [0.5, 0.6) is 0 Å². The van der Waals surface area contributed by atoms with Crippen LogP contribution in [0.2, 0.25) is 0 Å². The summed E-state index contributed by atoms with van der Waals surface area (Å²) in [6, 6.07) is 0. The summed E-state index contributed by atoms with van der Waals surface area (Å²) in [7, 11) is 0. The smallest absolute Gasteiger partial charge is 0.0402 e. The number of hydrogen-bond donors (Lipinski definition) is 1. The Morgan fingerprint density at radius 3 is 0.636 bits per heavy atom. The Kier molecular flexibility index (Phi) is 58700. The summed E-state index contributed by atoms with van der Waals surface area (Å²) in [4.78, 5) is 0. The highest BCUT2D eigenvalue weighted by Crippen LogP contribution is 1.30. The first-order valence-electron chi connectivity index (χ1n) is 1.02. The second kappa shape index (κ2) is 1760. The SMILES string of the molecule is CCO.O.O.O.O.O.O.O.O. The number of rotatable bonds is 0. The summed E-state index contributed by atoms with van der Waals surface area (Å²) in [6.45, 7) is 1.93. The van der Waals surface area contributed by atoms with Crippen molar-refractivity contribution in [3.63, 3.8) is 0 Å². The molecule has 0 unspecified atom stereocenters. The average molecular weight is 190 g/mol. The van der Waals surface area contributed by atoms with Crippen LogP contribution < -0.4 is 0 Å². The molecule has 0 fully saturated rings. The van der Waals surface area contributed by atoms with Gasteiger partial charge < -0.3 is 48.9 Å². The molecule has 0 atom stereocenters. The van der Waals surface area contributed by atoms with Gasteiger partial charge in [-0.2, -0.15) is 0 Å². The van der Waals surface area contributed by atoms with Crippen molar-refractivity contribution in [2.75, 3.05) is 6.61 Å². The number of hydrogen-bond acceptors (Lipinski definition) is 1. The fraction of sp³-hybridized carbons (Fsp3) is 1.00. The van der Waals surface area contributed by atoms with Crippen LogP contribution in [0.25, 0.3) is 0 Å². The minimum absolute atomic E-state index is 0. The van der Waals surface area contributed by atoms with Crippen molar-refractivity contribution in [1.29, 1.82) is 0 Å². The zero-order chi connectivity index (χ0) is 2.71. The highest BCUT2D eigenvalue weighted by atomic mass is 16.2. The summed E-state index contributed by atoms with van der Waals surface area (Å²) in [6.07, 6.45) is 0. The van der Waals surface area contributed by atoms with E-state index in [2.05, 4.69) is 0 Å². The zero-order valence-electron chi connectivity index (χ0n) is 6.15. The molecule has 0 aromatic rings. The molecule has 9 heteroatoms. The molecule has 11 heavy (non-hydrogen) atoms. The van der Waals surface area contributed by atoms with E-state index in [1.54, 1.807) is 6.92 Å². The lowest BCUT2D eigenvalue weighted by Crippen LogP contribution is -1.57. The van der Waals surface area contributed by atoms with E-state index in [0.717, 1.165) is 0 Å². The molecule has 0 aromatic carbocycles. The Morgan fingerprint density at radius 2 is 0.636 bits per heavy atom. The van der Waals surface area contributed by atoms with Crippen molar-refractivity contribution < 1.29 is 48.9 Å². The largest absolute Gasteiger partial charge is 0.412 e. The number of aliphatic hydroxyl groups excluding tert-OH is 1. The van der Waals surface area contributed by atoms with Gasteiger partial charge in [0, 0.05) is 6.61 Å². The van der Waals surface area contributed by atoms with Crippen LogP contribution in [-0.4, -0.2) is 55.5 Å². The van der Waals surface area contributed by atoms with Crippen LogP contribution in [0.4, 0.5) is 0 Å². The third kappa shape index (κ3) is 4340. The number of aliphatic hydroxyl groups is 1. The van der Waals surface area contributed by atoms with Gasteiger partial charge in [-0.15, -0.1) is 0 Å². The third-order valence-electron chi connectivity index (χ3n) is 0. The maximum Gasteiger partial charge on any atom is 0.0402 e. The molecule has 0 amide bonds. The van der Waals surface area contributed by atoms with Crippen molar-refractivity contribution >= 4 is 0 Å². The molecule has 0 aliphatic heterocycles. The van der Waals surface area contributed by atoms with Crippen LogP contribution in [0.15, 0.2) is 0 Å². The molecule has 9 nitrogen and oxygen atoms in total. The van der Waals surface area contributed by atoms with Gasteiger partial charge in [0.1, 0.15) is 0 Å². The van der Waals surface area contributed by atoms with E-state index in [1.807, 2.05) is 0 Å². The van der Waals surface area contributed by atoms with Crippen LogP contribution in [0.3, 0.4) is 0 Å². The summed E-state index contributed by atoms with van der Waals surface area (Å²) >= 11 is 0. The topological polar surface area (TPSA) is 272 Å². The van der Waals surface area contributed by atoms with Crippen molar-refractivity contribution in [1.82, 2.24) is 0 Å². The molecule has 0 aliphatic rings. The second-order valence-electron chi connectivity index (χ2n) is 0.316. The second-order valence-corrected chi connectivity index (χ2v) is 0.316. The molecule has 0 heterocycles. The molecule has 17 N–H and O–H groups in total. The lowest BCUT2D eigenvalue weighted by molar-refractivity contribution is 0.318. The predicted molar refractivity (Wildman–Crippen MR) is 41.7 cm³/mol.